The molecule has 1 aliphatic heterocycles. The van der Waals surface area contributed by atoms with E-state index in [9.17, 15) is 27.9 Å². The summed E-state index contributed by atoms with van der Waals surface area (Å²) in [7, 11) is 1.47. The largest absolute Gasteiger partial charge is 0.481 e. The molecule has 1 saturated heterocycles. The number of benzene rings is 1. The SMILES string of the molecule is COCCCN1C(=O)C[C@@H](C(=O)O)[C@@H]1c1ccccc1C(F)(F)F. The first-order chi connectivity index (χ1) is 11.3. The van der Waals surface area contributed by atoms with Crippen molar-refractivity contribution < 1.29 is 32.6 Å². The number of alkyl halides is 3. The van der Waals surface area contributed by atoms with Crippen LogP contribution in [-0.2, 0) is 20.5 Å². The number of carbonyl (C=O) groups is 2. The molecule has 0 spiro atoms. The number of rotatable bonds is 6. The molecule has 132 valence electrons. The van der Waals surface area contributed by atoms with Crippen LogP contribution in [0.5, 0.6) is 0 Å². The molecule has 1 aromatic carbocycles. The Hall–Kier alpha value is -2.09. The normalized spacial score (nSPS) is 21.3. The van der Waals surface area contributed by atoms with Crippen LogP contribution in [0.2, 0.25) is 0 Å². The van der Waals surface area contributed by atoms with Crippen molar-refractivity contribution in [2.24, 2.45) is 5.92 Å². The van der Waals surface area contributed by atoms with Gasteiger partial charge in [-0.2, -0.15) is 13.2 Å². The van der Waals surface area contributed by atoms with Gasteiger partial charge in [-0.05, 0) is 18.1 Å². The number of likely N-dealkylation sites (tertiary alicyclic amines) is 1. The maximum absolute atomic E-state index is 13.3. The molecule has 0 radical (unpaired) electrons. The smallest absolute Gasteiger partial charge is 0.416 e. The van der Waals surface area contributed by atoms with Crippen LogP contribution in [0.4, 0.5) is 13.2 Å². The number of nitrogens with zero attached hydrogens (tertiary/aromatic N) is 1. The van der Waals surface area contributed by atoms with Gasteiger partial charge in [0.25, 0.3) is 0 Å². The molecule has 0 unspecified atom stereocenters. The fourth-order valence-corrected chi connectivity index (χ4v) is 3.05. The second kappa shape index (κ2) is 7.21. The summed E-state index contributed by atoms with van der Waals surface area (Å²) < 4.78 is 44.8. The number of halogens is 3. The van der Waals surface area contributed by atoms with Crippen molar-refractivity contribution in [3.63, 3.8) is 0 Å². The number of aliphatic carboxylic acids is 1. The van der Waals surface area contributed by atoms with Crippen molar-refractivity contribution in [1.82, 2.24) is 4.90 Å². The molecule has 0 saturated carbocycles. The summed E-state index contributed by atoms with van der Waals surface area (Å²) in [6, 6.07) is 3.67. The number of ether oxygens (including phenoxy) is 1. The van der Waals surface area contributed by atoms with E-state index >= 15 is 0 Å². The molecule has 1 heterocycles. The van der Waals surface area contributed by atoms with Gasteiger partial charge < -0.3 is 14.7 Å². The summed E-state index contributed by atoms with van der Waals surface area (Å²) in [5, 5.41) is 9.36. The van der Waals surface area contributed by atoms with Crippen molar-refractivity contribution in [3.05, 3.63) is 35.4 Å². The van der Waals surface area contributed by atoms with E-state index in [1.807, 2.05) is 0 Å². The van der Waals surface area contributed by atoms with Gasteiger partial charge in [0.15, 0.2) is 0 Å². The van der Waals surface area contributed by atoms with E-state index in [0.717, 1.165) is 6.07 Å². The molecule has 1 fully saturated rings. The number of amides is 1. The number of hydrogen-bond acceptors (Lipinski definition) is 3. The van der Waals surface area contributed by atoms with Crippen LogP contribution in [0.15, 0.2) is 24.3 Å². The van der Waals surface area contributed by atoms with E-state index in [0.29, 0.717) is 13.0 Å². The van der Waals surface area contributed by atoms with Crippen LogP contribution < -0.4 is 0 Å². The number of methoxy groups -OCH3 is 1. The zero-order valence-electron chi connectivity index (χ0n) is 13.0. The van der Waals surface area contributed by atoms with Crippen LogP contribution in [0.1, 0.15) is 30.0 Å². The predicted molar refractivity (Wildman–Crippen MR) is 78.1 cm³/mol. The van der Waals surface area contributed by atoms with Gasteiger partial charge in [-0.15, -0.1) is 0 Å². The van der Waals surface area contributed by atoms with E-state index in [4.69, 9.17) is 4.74 Å². The topological polar surface area (TPSA) is 66.8 Å². The first-order valence-corrected chi connectivity index (χ1v) is 7.44. The third kappa shape index (κ3) is 3.69. The minimum absolute atomic E-state index is 0.146. The Morgan fingerprint density at radius 2 is 2.04 bits per heavy atom. The van der Waals surface area contributed by atoms with E-state index in [-0.39, 0.29) is 18.5 Å². The minimum atomic E-state index is -4.62. The molecule has 5 nitrogen and oxygen atoms in total. The Kier molecular flexibility index (Phi) is 5.48. The third-order valence-electron chi connectivity index (χ3n) is 4.08. The van der Waals surface area contributed by atoms with Crippen molar-refractivity contribution in [1.29, 1.82) is 0 Å². The number of carboxylic acid groups (broad SMARTS) is 1. The van der Waals surface area contributed by atoms with E-state index in [2.05, 4.69) is 0 Å². The van der Waals surface area contributed by atoms with E-state index in [1.54, 1.807) is 0 Å². The van der Waals surface area contributed by atoms with E-state index in [1.165, 1.54) is 30.2 Å². The molecule has 1 aliphatic rings. The van der Waals surface area contributed by atoms with Crippen LogP contribution in [-0.4, -0.2) is 42.1 Å². The molecule has 1 N–H and O–H groups in total. The second-order valence-electron chi connectivity index (χ2n) is 5.61. The summed E-state index contributed by atoms with van der Waals surface area (Å²) in [5.74, 6) is -2.94. The highest BCUT2D eigenvalue weighted by Gasteiger charge is 2.47. The number of carboxylic acids is 1. The average molecular weight is 345 g/mol. The highest BCUT2D eigenvalue weighted by molar-refractivity contribution is 5.87. The first kappa shape index (κ1) is 18.3. The molecule has 2 rings (SSSR count). The zero-order chi connectivity index (χ0) is 17.9. The molecule has 1 aromatic rings. The molecular weight excluding hydrogens is 327 g/mol. The molecule has 2 atom stereocenters. The van der Waals surface area contributed by atoms with Crippen molar-refractivity contribution in [2.45, 2.75) is 25.1 Å². The highest BCUT2D eigenvalue weighted by atomic mass is 19.4. The summed E-state index contributed by atoms with van der Waals surface area (Å²) in [4.78, 5) is 24.9. The molecule has 8 heteroatoms. The molecule has 0 bridgehead atoms. The standard InChI is InChI=1S/C16H18F3NO4/c1-24-8-4-7-20-13(21)9-11(15(22)23)14(20)10-5-2-3-6-12(10)16(17,18)19/h2-3,5-6,11,14H,4,7-9H2,1H3,(H,22,23)/t11-,14+/m1/s1. The summed E-state index contributed by atoms with van der Waals surface area (Å²) in [6.07, 6.45) is -4.51. The fraction of sp³-hybridized carbons (Fsp3) is 0.500. The molecule has 1 amide bonds. The number of hydrogen-bond donors (Lipinski definition) is 1. The Labute approximate surface area is 137 Å². The predicted octanol–water partition coefficient (Wildman–Crippen LogP) is 2.72. The first-order valence-electron chi connectivity index (χ1n) is 7.44. The van der Waals surface area contributed by atoms with Crippen LogP contribution in [0.3, 0.4) is 0 Å². The van der Waals surface area contributed by atoms with Gasteiger partial charge in [0.1, 0.15) is 0 Å². The lowest BCUT2D eigenvalue weighted by molar-refractivity contribution is -0.144. The summed E-state index contributed by atoms with van der Waals surface area (Å²) >= 11 is 0. The monoisotopic (exact) mass is 345 g/mol. The Morgan fingerprint density at radius 1 is 1.38 bits per heavy atom. The lowest BCUT2D eigenvalue weighted by atomic mass is 9.90. The Balaban J connectivity index is 2.45. The fourth-order valence-electron chi connectivity index (χ4n) is 3.05. The van der Waals surface area contributed by atoms with Crippen molar-refractivity contribution >= 4 is 11.9 Å². The van der Waals surface area contributed by atoms with Gasteiger partial charge in [0.2, 0.25) is 5.91 Å². The van der Waals surface area contributed by atoms with Crippen molar-refractivity contribution in [3.8, 4) is 0 Å². The van der Waals surface area contributed by atoms with Crippen molar-refractivity contribution in [2.75, 3.05) is 20.3 Å². The van der Waals surface area contributed by atoms with Crippen LogP contribution in [0, 0.1) is 5.92 Å². The molecule has 24 heavy (non-hydrogen) atoms. The maximum Gasteiger partial charge on any atom is 0.416 e. The lowest BCUT2D eigenvalue weighted by Crippen LogP contribution is -2.33. The quantitative estimate of drug-likeness (QED) is 0.805. The molecule has 0 aromatic heterocycles. The lowest BCUT2D eigenvalue weighted by Gasteiger charge is -2.29. The highest BCUT2D eigenvalue weighted by Crippen LogP contribution is 2.43. The van der Waals surface area contributed by atoms with Gasteiger partial charge in [0, 0.05) is 26.7 Å². The van der Waals surface area contributed by atoms with Gasteiger partial charge in [-0.1, -0.05) is 18.2 Å². The number of carbonyl (C=O) groups excluding carboxylic acids is 1. The molecular formula is C16H18F3NO4. The van der Waals surface area contributed by atoms with Gasteiger partial charge in [0.05, 0.1) is 17.5 Å². The second-order valence-corrected chi connectivity index (χ2v) is 5.61. The Bertz CT molecular complexity index is 618. The molecule has 0 aliphatic carbocycles. The van der Waals surface area contributed by atoms with Crippen LogP contribution >= 0.6 is 0 Å². The summed E-state index contributed by atoms with van der Waals surface area (Å²) in [6.45, 7) is 0.475. The zero-order valence-corrected chi connectivity index (χ0v) is 13.0. The third-order valence-corrected chi connectivity index (χ3v) is 4.08. The van der Waals surface area contributed by atoms with Gasteiger partial charge >= 0.3 is 12.1 Å². The summed E-state index contributed by atoms with van der Waals surface area (Å²) in [5.41, 5.74) is -1.09. The Morgan fingerprint density at radius 3 is 2.62 bits per heavy atom. The maximum atomic E-state index is 13.3. The minimum Gasteiger partial charge on any atom is -0.481 e. The van der Waals surface area contributed by atoms with E-state index < -0.39 is 35.6 Å². The van der Waals surface area contributed by atoms with Gasteiger partial charge in [-0.25, -0.2) is 0 Å². The van der Waals surface area contributed by atoms with Crippen LogP contribution in [0.25, 0.3) is 0 Å². The average Bonchev–Trinajstić information content (AvgIpc) is 2.84. The van der Waals surface area contributed by atoms with Gasteiger partial charge in [-0.3, -0.25) is 9.59 Å².